The van der Waals surface area contributed by atoms with Gasteiger partial charge in [-0.1, -0.05) is 6.08 Å². The monoisotopic (exact) mass is 400 g/mol. The lowest BCUT2D eigenvalue weighted by Gasteiger charge is -2.24. The lowest BCUT2D eigenvalue weighted by molar-refractivity contribution is -0.107. The number of rotatable bonds is 7. The van der Waals surface area contributed by atoms with Gasteiger partial charge in [-0.15, -0.1) is 0 Å². The number of carbonyl (C=O) groups excluding carboxylic acids is 1. The zero-order valence-corrected chi connectivity index (χ0v) is 16.4. The summed E-state index contributed by atoms with van der Waals surface area (Å²) in [5.41, 5.74) is 3.05. The second-order valence-corrected chi connectivity index (χ2v) is 10.1. The molecule has 7 nitrogen and oxygen atoms in total. The minimum absolute atomic E-state index is 0.0321. The Morgan fingerprint density at radius 3 is 2.68 bits per heavy atom. The summed E-state index contributed by atoms with van der Waals surface area (Å²) in [5.74, 6) is 0.680. The maximum atomic E-state index is 12.2. The maximum Gasteiger partial charge on any atom is 0.215 e. The van der Waals surface area contributed by atoms with Crippen molar-refractivity contribution in [3.05, 3.63) is 30.0 Å². The van der Waals surface area contributed by atoms with Crippen LogP contribution in [0.3, 0.4) is 0 Å². The van der Waals surface area contributed by atoms with Crippen molar-refractivity contribution < 1.29 is 13.2 Å². The third-order valence-electron chi connectivity index (χ3n) is 5.88. The molecule has 3 aliphatic rings. The Morgan fingerprint density at radius 2 is 2.04 bits per heavy atom. The van der Waals surface area contributed by atoms with E-state index in [1.54, 1.807) is 4.90 Å². The highest BCUT2D eigenvalue weighted by molar-refractivity contribution is 7.90. The molecule has 1 amide bonds. The first-order chi connectivity index (χ1) is 13.5. The van der Waals surface area contributed by atoms with E-state index in [2.05, 4.69) is 20.8 Å². The van der Waals surface area contributed by atoms with Crippen LogP contribution >= 0.6 is 0 Å². The fourth-order valence-corrected chi connectivity index (χ4v) is 5.62. The molecule has 2 aromatic heterocycles. The van der Waals surface area contributed by atoms with Crippen LogP contribution in [0.5, 0.6) is 0 Å². The number of aromatic nitrogens is 2. The molecule has 5 rings (SSSR count). The van der Waals surface area contributed by atoms with Crippen LogP contribution < -0.4 is 9.62 Å². The molecule has 1 atom stereocenters. The molecule has 2 aromatic rings. The fraction of sp³-hybridized carbons (Fsp3) is 0.500. The number of fused-ring (bicyclic) bond motifs is 1. The first kappa shape index (κ1) is 17.9. The molecule has 0 aromatic carbocycles. The van der Waals surface area contributed by atoms with Gasteiger partial charge in [0.2, 0.25) is 16.4 Å². The molecule has 1 unspecified atom stereocenters. The molecule has 2 saturated carbocycles. The van der Waals surface area contributed by atoms with Crippen LogP contribution in [0.2, 0.25) is 0 Å². The van der Waals surface area contributed by atoms with E-state index in [4.69, 9.17) is 0 Å². The second kappa shape index (κ2) is 6.70. The molecule has 2 fully saturated rings. The molecule has 0 aliphatic heterocycles. The van der Waals surface area contributed by atoms with Crippen molar-refractivity contribution in [2.24, 2.45) is 0 Å². The Labute approximate surface area is 164 Å². The van der Waals surface area contributed by atoms with E-state index in [-0.39, 0.29) is 17.3 Å². The van der Waals surface area contributed by atoms with Crippen LogP contribution in [0.4, 0.5) is 5.82 Å². The number of nitrogens with zero attached hydrogens (tertiary/aromatic N) is 2. The smallest absolute Gasteiger partial charge is 0.215 e. The molecule has 0 bridgehead atoms. The number of pyridine rings is 1. The summed E-state index contributed by atoms with van der Waals surface area (Å²) < 4.78 is 27.3. The number of amides is 1. The normalized spacial score (nSPS) is 22.9. The van der Waals surface area contributed by atoms with Crippen LogP contribution in [-0.2, 0) is 14.8 Å². The number of hydrogen-bond donors (Lipinski definition) is 2. The minimum atomic E-state index is -3.16. The van der Waals surface area contributed by atoms with Gasteiger partial charge < -0.3 is 4.98 Å². The van der Waals surface area contributed by atoms with E-state index < -0.39 is 10.0 Å². The number of aromatic amines is 1. The zero-order valence-electron chi connectivity index (χ0n) is 15.6. The second-order valence-electron chi connectivity index (χ2n) is 8.07. The third kappa shape index (κ3) is 3.35. The predicted molar refractivity (Wildman–Crippen MR) is 108 cm³/mol. The first-order valence-electron chi connectivity index (χ1n) is 9.97. The van der Waals surface area contributed by atoms with Gasteiger partial charge in [0.15, 0.2) is 0 Å². The molecule has 28 heavy (non-hydrogen) atoms. The van der Waals surface area contributed by atoms with Gasteiger partial charge >= 0.3 is 0 Å². The van der Waals surface area contributed by atoms with E-state index in [0.717, 1.165) is 61.5 Å². The summed E-state index contributed by atoms with van der Waals surface area (Å²) in [4.78, 5) is 21.1. The zero-order chi connectivity index (χ0) is 19.3. The third-order valence-corrected chi connectivity index (χ3v) is 7.90. The fourth-order valence-electron chi connectivity index (χ4n) is 3.99. The van der Waals surface area contributed by atoms with Gasteiger partial charge in [0.25, 0.3) is 0 Å². The summed E-state index contributed by atoms with van der Waals surface area (Å²) >= 11 is 0. The molecule has 3 aliphatic carbocycles. The highest BCUT2D eigenvalue weighted by Gasteiger charge is 2.37. The van der Waals surface area contributed by atoms with Crippen LogP contribution in [0, 0.1) is 0 Å². The number of H-pyrrole nitrogens is 1. The Hall–Kier alpha value is -2.19. The van der Waals surface area contributed by atoms with E-state index in [0.29, 0.717) is 12.2 Å². The summed E-state index contributed by atoms with van der Waals surface area (Å²) in [7, 11) is -3.16. The molecule has 2 heterocycles. The Bertz CT molecular complexity index is 1050. The van der Waals surface area contributed by atoms with Gasteiger partial charge in [-0.2, -0.15) is 0 Å². The highest BCUT2D eigenvalue weighted by Crippen LogP contribution is 2.36. The average molecular weight is 401 g/mol. The van der Waals surface area contributed by atoms with Crippen molar-refractivity contribution in [3.8, 4) is 0 Å². The van der Waals surface area contributed by atoms with E-state index >= 15 is 0 Å². The van der Waals surface area contributed by atoms with Crippen molar-refractivity contribution in [3.63, 3.8) is 0 Å². The Morgan fingerprint density at radius 1 is 1.21 bits per heavy atom. The standard InChI is InChI=1S/C20H24N4O3S/c25-12-24(15-5-6-15)19-11-18(17-9-10-21-20(17)22-19)13-1-3-14(4-2-13)23-28(26,27)16-7-8-16/h1,9-12,14-16,23H,2-8H2,(H,21,22). The van der Waals surface area contributed by atoms with Gasteiger partial charge in [-0.05, 0) is 68.2 Å². The van der Waals surface area contributed by atoms with Gasteiger partial charge in [-0.3, -0.25) is 9.69 Å². The Balaban J connectivity index is 1.42. The number of allylic oxidation sites excluding steroid dienone is 1. The minimum Gasteiger partial charge on any atom is -0.346 e. The van der Waals surface area contributed by atoms with Crippen molar-refractivity contribution in [2.45, 2.75) is 62.3 Å². The molecular formula is C20H24N4O3S. The largest absolute Gasteiger partial charge is 0.346 e. The highest BCUT2D eigenvalue weighted by atomic mass is 32.2. The lowest BCUT2D eigenvalue weighted by Crippen LogP contribution is -2.37. The molecule has 2 N–H and O–H groups in total. The molecular weight excluding hydrogens is 376 g/mol. The van der Waals surface area contributed by atoms with Crippen molar-refractivity contribution in [1.82, 2.24) is 14.7 Å². The van der Waals surface area contributed by atoms with E-state index in [9.17, 15) is 13.2 Å². The van der Waals surface area contributed by atoms with Crippen LogP contribution in [-0.4, -0.2) is 42.1 Å². The number of sulfonamides is 1. The average Bonchev–Trinajstić information content (AvgIpc) is 3.60. The number of anilines is 1. The van der Waals surface area contributed by atoms with Crippen LogP contribution in [0.25, 0.3) is 16.6 Å². The van der Waals surface area contributed by atoms with Gasteiger partial charge in [0, 0.05) is 23.7 Å². The number of hydrogen-bond acceptors (Lipinski definition) is 4. The van der Waals surface area contributed by atoms with Crippen molar-refractivity contribution in [1.29, 1.82) is 0 Å². The Kier molecular flexibility index (Phi) is 4.28. The van der Waals surface area contributed by atoms with Gasteiger partial charge in [0.1, 0.15) is 11.5 Å². The van der Waals surface area contributed by atoms with Crippen LogP contribution in [0.15, 0.2) is 24.4 Å². The SMILES string of the molecule is O=CN(c1cc(C2=CCC(NS(=O)(=O)C3CC3)CC2)c2cc[nH]c2n1)C1CC1. The lowest BCUT2D eigenvalue weighted by atomic mass is 9.90. The quantitative estimate of drug-likeness (QED) is 0.699. The predicted octanol–water partition coefficient (Wildman–Crippen LogP) is 2.71. The van der Waals surface area contributed by atoms with Crippen molar-refractivity contribution >= 4 is 38.9 Å². The molecule has 8 heteroatoms. The van der Waals surface area contributed by atoms with E-state index in [1.165, 1.54) is 5.57 Å². The summed E-state index contributed by atoms with van der Waals surface area (Å²) in [6.45, 7) is 0. The molecule has 0 spiro atoms. The van der Waals surface area contributed by atoms with Gasteiger partial charge in [0.05, 0.1) is 5.25 Å². The van der Waals surface area contributed by atoms with Crippen LogP contribution in [0.1, 0.15) is 50.5 Å². The first-order valence-corrected chi connectivity index (χ1v) is 11.5. The molecule has 148 valence electrons. The summed E-state index contributed by atoms with van der Waals surface area (Å²) in [6, 6.07) is 4.23. The maximum absolute atomic E-state index is 12.2. The topological polar surface area (TPSA) is 95.2 Å². The summed E-state index contributed by atoms with van der Waals surface area (Å²) in [5, 5.41) is 0.852. The number of carbonyl (C=O) groups is 1. The van der Waals surface area contributed by atoms with E-state index in [1.807, 2.05) is 18.3 Å². The molecule has 0 radical (unpaired) electrons. The number of nitrogens with one attached hydrogen (secondary N) is 2. The van der Waals surface area contributed by atoms with Crippen molar-refractivity contribution in [2.75, 3.05) is 4.90 Å². The van der Waals surface area contributed by atoms with Gasteiger partial charge in [-0.25, -0.2) is 18.1 Å². The summed E-state index contributed by atoms with van der Waals surface area (Å²) in [6.07, 6.45) is 10.7. The molecule has 0 saturated heterocycles.